The molecule has 1 aliphatic rings. The second kappa shape index (κ2) is 8.28. The van der Waals surface area contributed by atoms with E-state index in [1.54, 1.807) is 43.0 Å². The van der Waals surface area contributed by atoms with Crippen molar-refractivity contribution in [1.29, 1.82) is 0 Å². The van der Waals surface area contributed by atoms with Crippen LogP contribution >= 0.6 is 0 Å². The van der Waals surface area contributed by atoms with E-state index in [9.17, 15) is 17.6 Å². The first-order valence-electron chi connectivity index (χ1n) is 9.18. The number of piperazine rings is 1. The van der Waals surface area contributed by atoms with Crippen molar-refractivity contribution in [1.82, 2.24) is 9.62 Å². The number of hydrogen-bond donors (Lipinski definition) is 1. The lowest BCUT2D eigenvalue weighted by molar-refractivity contribution is 0.0746. The highest BCUT2D eigenvalue weighted by molar-refractivity contribution is 7.89. The van der Waals surface area contributed by atoms with E-state index < -0.39 is 10.0 Å². The van der Waals surface area contributed by atoms with Crippen molar-refractivity contribution in [2.75, 3.05) is 31.1 Å². The topological polar surface area (TPSA) is 69.7 Å². The molecule has 0 aromatic heterocycles. The quantitative estimate of drug-likeness (QED) is 0.830. The van der Waals surface area contributed by atoms with Gasteiger partial charge < -0.3 is 9.80 Å². The largest absolute Gasteiger partial charge is 0.368 e. The Balaban J connectivity index is 1.68. The van der Waals surface area contributed by atoms with Gasteiger partial charge in [0.1, 0.15) is 5.82 Å². The summed E-state index contributed by atoms with van der Waals surface area (Å²) in [5, 5.41) is 0. The molecule has 2 aromatic carbocycles. The van der Waals surface area contributed by atoms with E-state index in [0.717, 1.165) is 5.69 Å². The first kappa shape index (κ1) is 20.3. The van der Waals surface area contributed by atoms with Crippen molar-refractivity contribution in [3.8, 4) is 0 Å². The number of nitrogens with zero attached hydrogens (tertiary/aromatic N) is 2. The molecule has 0 unspecified atom stereocenters. The number of amides is 1. The van der Waals surface area contributed by atoms with Crippen LogP contribution < -0.4 is 9.62 Å². The second-order valence-electron chi connectivity index (χ2n) is 7.06. The summed E-state index contributed by atoms with van der Waals surface area (Å²) in [7, 11) is -3.65. The summed E-state index contributed by atoms with van der Waals surface area (Å²) < 4.78 is 40.3. The Hall–Kier alpha value is -2.45. The highest BCUT2D eigenvalue weighted by atomic mass is 32.2. The smallest absolute Gasteiger partial charge is 0.254 e. The molecule has 150 valence electrons. The third kappa shape index (κ3) is 4.69. The number of benzene rings is 2. The third-order valence-electron chi connectivity index (χ3n) is 4.54. The molecule has 1 N–H and O–H groups in total. The molecule has 1 amide bonds. The van der Waals surface area contributed by atoms with Crippen LogP contribution in [0.1, 0.15) is 24.2 Å². The molecule has 1 heterocycles. The lowest BCUT2D eigenvalue weighted by Gasteiger charge is -2.36. The Morgan fingerprint density at radius 2 is 1.68 bits per heavy atom. The van der Waals surface area contributed by atoms with Gasteiger partial charge in [0.05, 0.1) is 4.90 Å². The van der Waals surface area contributed by atoms with Crippen molar-refractivity contribution >= 4 is 21.6 Å². The van der Waals surface area contributed by atoms with Crippen LogP contribution in [-0.4, -0.2) is 51.4 Å². The molecule has 0 saturated carbocycles. The van der Waals surface area contributed by atoms with Gasteiger partial charge in [-0.15, -0.1) is 0 Å². The number of rotatable bonds is 5. The van der Waals surface area contributed by atoms with Crippen LogP contribution in [0.15, 0.2) is 53.4 Å². The maximum atomic E-state index is 13.1. The van der Waals surface area contributed by atoms with Gasteiger partial charge >= 0.3 is 0 Å². The average Bonchev–Trinajstić information content (AvgIpc) is 2.67. The van der Waals surface area contributed by atoms with E-state index in [1.807, 2.05) is 0 Å². The summed E-state index contributed by atoms with van der Waals surface area (Å²) in [5.41, 5.74) is 1.27. The van der Waals surface area contributed by atoms with Gasteiger partial charge in [0, 0.05) is 43.5 Å². The lowest BCUT2D eigenvalue weighted by Crippen LogP contribution is -2.48. The van der Waals surface area contributed by atoms with Crippen LogP contribution in [0.5, 0.6) is 0 Å². The SMILES string of the molecule is CC(C)NS(=O)(=O)c1cccc(C(=O)N2CCN(c3ccc(F)cc3)CC2)c1. The predicted octanol–water partition coefficient (Wildman–Crippen LogP) is 2.47. The molecule has 3 rings (SSSR count). The molecule has 0 aliphatic carbocycles. The van der Waals surface area contributed by atoms with Crippen LogP contribution in [0.2, 0.25) is 0 Å². The molecule has 0 bridgehead atoms. The van der Waals surface area contributed by atoms with E-state index in [-0.39, 0.29) is 22.7 Å². The first-order valence-corrected chi connectivity index (χ1v) is 10.7. The van der Waals surface area contributed by atoms with E-state index in [1.165, 1.54) is 24.3 Å². The van der Waals surface area contributed by atoms with Crippen molar-refractivity contribution < 1.29 is 17.6 Å². The summed E-state index contributed by atoms with van der Waals surface area (Å²) in [6.45, 7) is 5.77. The van der Waals surface area contributed by atoms with Gasteiger partial charge in [-0.05, 0) is 56.3 Å². The minimum absolute atomic E-state index is 0.0806. The van der Waals surface area contributed by atoms with Gasteiger partial charge in [0.25, 0.3) is 5.91 Å². The number of anilines is 1. The minimum atomic E-state index is -3.65. The molecular formula is C20H24FN3O3S. The van der Waals surface area contributed by atoms with E-state index in [2.05, 4.69) is 9.62 Å². The molecule has 0 spiro atoms. The van der Waals surface area contributed by atoms with Crippen LogP contribution in [0.3, 0.4) is 0 Å². The Kier molecular flexibility index (Phi) is 6.00. The van der Waals surface area contributed by atoms with Crippen LogP contribution in [0.25, 0.3) is 0 Å². The molecule has 0 atom stereocenters. The number of nitrogens with one attached hydrogen (secondary N) is 1. The van der Waals surface area contributed by atoms with Crippen molar-refractivity contribution in [2.45, 2.75) is 24.8 Å². The number of hydrogen-bond acceptors (Lipinski definition) is 4. The predicted molar refractivity (Wildman–Crippen MR) is 106 cm³/mol. The summed E-state index contributed by atoms with van der Waals surface area (Å²) in [4.78, 5) is 16.7. The fourth-order valence-electron chi connectivity index (χ4n) is 3.18. The summed E-state index contributed by atoms with van der Waals surface area (Å²) in [5.74, 6) is -0.472. The molecule has 6 nitrogen and oxygen atoms in total. The standard InChI is InChI=1S/C20H24FN3O3S/c1-15(2)22-28(26,27)19-5-3-4-16(14-19)20(25)24-12-10-23(11-13-24)18-8-6-17(21)7-9-18/h3-9,14-15,22H,10-13H2,1-2H3. The normalized spacial score (nSPS) is 15.1. The third-order valence-corrected chi connectivity index (χ3v) is 6.20. The van der Waals surface area contributed by atoms with Crippen LogP contribution in [0.4, 0.5) is 10.1 Å². The minimum Gasteiger partial charge on any atom is -0.368 e. The zero-order valence-electron chi connectivity index (χ0n) is 15.9. The van der Waals surface area contributed by atoms with Crippen molar-refractivity contribution in [2.24, 2.45) is 0 Å². The summed E-state index contributed by atoms with van der Waals surface area (Å²) >= 11 is 0. The van der Waals surface area contributed by atoms with E-state index in [0.29, 0.717) is 31.7 Å². The maximum Gasteiger partial charge on any atom is 0.254 e. The van der Waals surface area contributed by atoms with E-state index in [4.69, 9.17) is 0 Å². The molecule has 2 aromatic rings. The lowest BCUT2D eigenvalue weighted by atomic mass is 10.1. The van der Waals surface area contributed by atoms with Crippen LogP contribution in [0, 0.1) is 5.82 Å². The zero-order valence-corrected chi connectivity index (χ0v) is 16.7. The number of carbonyl (C=O) groups is 1. The monoisotopic (exact) mass is 405 g/mol. The highest BCUT2D eigenvalue weighted by Gasteiger charge is 2.24. The molecular weight excluding hydrogens is 381 g/mol. The Labute approximate surface area is 165 Å². The molecule has 0 radical (unpaired) electrons. The zero-order chi connectivity index (χ0) is 20.3. The molecule has 1 aliphatic heterocycles. The van der Waals surface area contributed by atoms with Crippen molar-refractivity contribution in [3.63, 3.8) is 0 Å². The van der Waals surface area contributed by atoms with Gasteiger partial charge in [0.2, 0.25) is 10.0 Å². The molecule has 1 saturated heterocycles. The summed E-state index contributed by atoms with van der Waals surface area (Å²) in [6.07, 6.45) is 0. The van der Waals surface area contributed by atoms with Gasteiger partial charge in [-0.3, -0.25) is 4.79 Å². The van der Waals surface area contributed by atoms with Gasteiger partial charge in [-0.25, -0.2) is 17.5 Å². The Morgan fingerprint density at radius 3 is 2.29 bits per heavy atom. The Bertz CT molecular complexity index is 937. The average molecular weight is 405 g/mol. The van der Waals surface area contributed by atoms with E-state index >= 15 is 0 Å². The van der Waals surface area contributed by atoms with Crippen LogP contribution in [-0.2, 0) is 10.0 Å². The second-order valence-corrected chi connectivity index (χ2v) is 8.77. The number of sulfonamides is 1. The van der Waals surface area contributed by atoms with Gasteiger partial charge in [0.15, 0.2) is 0 Å². The molecule has 8 heteroatoms. The van der Waals surface area contributed by atoms with Crippen molar-refractivity contribution in [3.05, 3.63) is 59.9 Å². The molecule has 1 fully saturated rings. The maximum absolute atomic E-state index is 13.1. The highest BCUT2D eigenvalue weighted by Crippen LogP contribution is 2.19. The fourth-order valence-corrected chi connectivity index (χ4v) is 4.47. The Morgan fingerprint density at radius 1 is 1.04 bits per heavy atom. The number of halogens is 1. The summed E-state index contributed by atoms with van der Waals surface area (Å²) in [6, 6.07) is 12.2. The molecule has 28 heavy (non-hydrogen) atoms. The number of carbonyl (C=O) groups excluding carboxylic acids is 1. The van der Waals surface area contributed by atoms with Gasteiger partial charge in [-0.2, -0.15) is 0 Å². The van der Waals surface area contributed by atoms with Gasteiger partial charge in [-0.1, -0.05) is 6.07 Å². The fraction of sp³-hybridized carbons (Fsp3) is 0.350. The first-order chi connectivity index (χ1) is 13.3.